The molecule has 2 heterocycles. The predicted octanol–water partition coefficient (Wildman–Crippen LogP) is 2.35. The molecule has 13 heavy (non-hydrogen) atoms. The average Bonchev–Trinajstić information content (AvgIpc) is 2.41. The van der Waals surface area contributed by atoms with Crippen LogP contribution in [-0.2, 0) is 6.18 Å². The molecule has 2 aromatic heterocycles. The van der Waals surface area contributed by atoms with Gasteiger partial charge < -0.3 is 0 Å². The second kappa shape index (κ2) is 2.48. The summed E-state index contributed by atoms with van der Waals surface area (Å²) in [6.07, 6.45) is -3.21. The van der Waals surface area contributed by atoms with Gasteiger partial charge in [0.15, 0.2) is 0 Å². The lowest BCUT2D eigenvalue weighted by atomic mass is 10.2. The average molecular weight is 187 g/mol. The van der Waals surface area contributed by atoms with Gasteiger partial charge in [0, 0.05) is 12.4 Å². The van der Waals surface area contributed by atoms with E-state index in [2.05, 4.69) is 5.10 Å². The van der Waals surface area contributed by atoms with E-state index in [-0.39, 0.29) is 11.7 Å². The summed E-state index contributed by atoms with van der Waals surface area (Å²) >= 11 is 0. The van der Waals surface area contributed by atoms with Crippen LogP contribution in [0, 0.1) is 0 Å². The van der Waals surface area contributed by atoms with E-state index in [4.69, 9.17) is 1.37 Å². The Labute approximate surface area is 73.0 Å². The van der Waals surface area contributed by atoms with Gasteiger partial charge in [0.2, 0.25) is 0 Å². The molecule has 2 aromatic rings. The number of nitrogens with zero attached hydrogens (tertiary/aromatic N) is 2. The molecule has 68 valence electrons. The molecule has 0 saturated carbocycles. The van der Waals surface area contributed by atoms with Gasteiger partial charge >= 0.3 is 6.18 Å². The fourth-order valence-corrected chi connectivity index (χ4v) is 1.04. The highest BCUT2D eigenvalue weighted by Gasteiger charge is 2.30. The molecule has 0 unspecified atom stereocenters. The SMILES string of the molecule is [2H]c1cc2cc(C(F)(F)F)ccn2n1. The van der Waals surface area contributed by atoms with Crippen LogP contribution in [0.1, 0.15) is 6.93 Å². The Morgan fingerprint density at radius 2 is 2.15 bits per heavy atom. The molecule has 0 N–H and O–H groups in total. The first kappa shape index (κ1) is 6.94. The molecule has 0 aliphatic heterocycles. The van der Waals surface area contributed by atoms with Crippen molar-refractivity contribution in [2.75, 3.05) is 0 Å². The summed E-state index contributed by atoms with van der Waals surface area (Å²) in [5, 5.41) is 3.65. The Balaban J connectivity index is 2.62. The standard InChI is InChI=1S/C8H5F3N2/c9-8(10,11)6-2-4-13-7(5-6)1-3-12-13/h1-5H/i3D. The minimum atomic E-state index is -4.35. The second-order valence-corrected chi connectivity index (χ2v) is 2.56. The van der Waals surface area contributed by atoms with Crippen LogP contribution in [-0.4, -0.2) is 9.61 Å². The predicted molar refractivity (Wildman–Crippen MR) is 40.2 cm³/mol. The minimum Gasteiger partial charge on any atom is -0.241 e. The summed E-state index contributed by atoms with van der Waals surface area (Å²) < 4.78 is 45.1. The van der Waals surface area contributed by atoms with E-state index >= 15 is 0 Å². The molecule has 0 bridgehead atoms. The molecule has 0 aliphatic rings. The third kappa shape index (κ3) is 1.37. The van der Waals surface area contributed by atoms with Crippen molar-refractivity contribution in [3.8, 4) is 0 Å². The van der Waals surface area contributed by atoms with Gasteiger partial charge in [-0.25, -0.2) is 4.52 Å². The highest BCUT2D eigenvalue weighted by atomic mass is 19.4. The first-order valence-electron chi connectivity index (χ1n) is 4.00. The molecule has 0 fully saturated rings. The molecule has 0 amide bonds. The van der Waals surface area contributed by atoms with Crippen LogP contribution in [0.2, 0.25) is 0 Å². The molecule has 5 heteroatoms. The Kier molecular flexibility index (Phi) is 1.32. The lowest BCUT2D eigenvalue weighted by molar-refractivity contribution is -0.137. The third-order valence-electron chi connectivity index (χ3n) is 1.67. The maximum atomic E-state index is 12.2. The van der Waals surface area contributed by atoms with Gasteiger partial charge in [-0.05, 0) is 18.2 Å². The van der Waals surface area contributed by atoms with E-state index in [1.54, 1.807) is 0 Å². The summed E-state index contributed by atoms with van der Waals surface area (Å²) in [4.78, 5) is 0. The van der Waals surface area contributed by atoms with Crippen molar-refractivity contribution in [1.82, 2.24) is 9.61 Å². The highest BCUT2D eigenvalue weighted by Crippen LogP contribution is 2.29. The van der Waals surface area contributed by atoms with Crippen LogP contribution in [0.25, 0.3) is 5.52 Å². The van der Waals surface area contributed by atoms with Gasteiger partial charge in [0.25, 0.3) is 0 Å². The van der Waals surface area contributed by atoms with Crippen LogP contribution in [0.5, 0.6) is 0 Å². The fourth-order valence-electron chi connectivity index (χ4n) is 1.04. The highest BCUT2D eigenvalue weighted by molar-refractivity contribution is 5.47. The van der Waals surface area contributed by atoms with Gasteiger partial charge in [0.05, 0.1) is 12.5 Å². The van der Waals surface area contributed by atoms with Crippen molar-refractivity contribution in [2.24, 2.45) is 0 Å². The Morgan fingerprint density at radius 3 is 2.85 bits per heavy atom. The molecule has 0 radical (unpaired) electrons. The van der Waals surface area contributed by atoms with Crippen molar-refractivity contribution < 1.29 is 14.5 Å². The number of rotatable bonds is 0. The molecule has 0 saturated heterocycles. The van der Waals surface area contributed by atoms with Gasteiger partial charge in [-0.2, -0.15) is 18.3 Å². The van der Waals surface area contributed by atoms with Gasteiger partial charge in [0.1, 0.15) is 0 Å². The van der Waals surface area contributed by atoms with Crippen molar-refractivity contribution in [3.05, 3.63) is 36.1 Å². The molecule has 0 spiro atoms. The van der Waals surface area contributed by atoms with Gasteiger partial charge in [-0.3, -0.25) is 0 Å². The zero-order chi connectivity index (χ0) is 10.3. The fraction of sp³-hybridized carbons (Fsp3) is 0.125. The van der Waals surface area contributed by atoms with Crippen molar-refractivity contribution in [1.29, 1.82) is 0 Å². The van der Waals surface area contributed by atoms with Crippen molar-refractivity contribution in [2.45, 2.75) is 6.18 Å². The summed E-state index contributed by atoms with van der Waals surface area (Å²) in [7, 11) is 0. The number of hydrogen-bond donors (Lipinski definition) is 0. The maximum absolute atomic E-state index is 12.2. The largest absolute Gasteiger partial charge is 0.416 e. The van der Waals surface area contributed by atoms with Crippen LogP contribution < -0.4 is 0 Å². The summed E-state index contributed by atoms with van der Waals surface area (Å²) in [6, 6.07) is 3.17. The molecular weight excluding hydrogens is 181 g/mol. The maximum Gasteiger partial charge on any atom is 0.416 e. The summed E-state index contributed by atoms with van der Waals surface area (Å²) in [6.45, 7) is 0. The normalized spacial score (nSPS) is 13.3. The molecule has 2 nitrogen and oxygen atoms in total. The Morgan fingerprint density at radius 1 is 1.38 bits per heavy atom. The van der Waals surface area contributed by atoms with E-state index in [1.807, 2.05) is 0 Å². The van der Waals surface area contributed by atoms with E-state index < -0.39 is 11.7 Å². The van der Waals surface area contributed by atoms with Crippen LogP contribution in [0.15, 0.2) is 30.6 Å². The lowest BCUT2D eigenvalue weighted by Gasteiger charge is -2.05. The van der Waals surface area contributed by atoms with Crippen molar-refractivity contribution >= 4 is 5.52 Å². The van der Waals surface area contributed by atoms with Crippen molar-refractivity contribution in [3.63, 3.8) is 0 Å². The molecule has 0 aromatic carbocycles. The summed E-state index contributed by atoms with van der Waals surface area (Å²) in [5.74, 6) is 0. The number of hydrogen-bond acceptors (Lipinski definition) is 1. The Bertz CT molecular complexity index is 475. The zero-order valence-corrected chi connectivity index (χ0v) is 6.34. The summed E-state index contributed by atoms with van der Waals surface area (Å²) in [5.41, 5.74) is -0.463. The van der Waals surface area contributed by atoms with Crippen LogP contribution in [0.4, 0.5) is 13.2 Å². The van der Waals surface area contributed by atoms with E-state index in [1.165, 1.54) is 16.8 Å². The number of pyridine rings is 1. The minimum absolute atomic E-state index is 0.0516. The van der Waals surface area contributed by atoms with E-state index in [9.17, 15) is 13.2 Å². The van der Waals surface area contributed by atoms with E-state index in [0.29, 0.717) is 0 Å². The smallest absolute Gasteiger partial charge is 0.241 e. The number of fused-ring (bicyclic) bond motifs is 1. The molecule has 2 rings (SSSR count). The van der Waals surface area contributed by atoms with E-state index in [0.717, 1.165) is 12.1 Å². The second-order valence-electron chi connectivity index (χ2n) is 2.56. The number of aromatic nitrogens is 2. The van der Waals surface area contributed by atoms with Gasteiger partial charge in [-0.1, -0.05) is 0 Å². The Hall–Kier alpha value is -1.52. The first-order chi connectivity index (χ1) is 6.47. The van der Waals surface area contributed by atoms with Gasteiger partial charge in [-0.15, -0.1) is 0 Å². The number of halogens is 3. The first-order valence-corrected chi connectivity index (χ1v) is 3.50. The molecule has 0 aliphatic carbocycles. The quantitative estimate of drug-likeness (QED) is 0.618. The topological polar surface area (TPSA) is 17.3 Å². The zero-order valence-electron chi connectivity index (χ0n) is 7.34. The monoisotopic (exact) mass is 187 g/mol. The lowest BCUT2D eigenvalue weighted by Crippen LogP contribution is -2.05. The number of alkyl halides is 3. The third-order valence-corrected chi connectivity index (χ3v) is 1.67. The van der Waals surface area contributed by atoms with Crippen LogP contribution >= 0.6 is 0 Å². The molecular formula is C8H5F3N2. The van der Waals surface area contributed by atoms with Crippen LogP contribution in [0.3, 0.4) is 0 Å². The molecule has 0 atom stereocenters.